The van der Waals surface area contributed by atoms with Crippen molar-refractivity contribution >= 4 is 27.3 Å². The molecule has 0 bridgehead atoms. The molecule has 2 aromatic rings. The number of nitrogens with one attached hydrogen (secondary N) is 1. The molecular weight excluding hydrogens is 348 g/mol. The van der Waals surface area contributed by atoms with E-state index in [1.54, 1.807) is 18.2 Å². The summed E-state index contributed by atoms with van der Waals surface area (Å²) >= 11 is 0. The average Bonchev–Trinajstić information content (AvgIpc) is 2.58. The summed E-state index contributed by atoms with van der Waals surface area (Å²) in [6, 6.07) is 14.8. The number of hydrogen-bond acceptors (Lipinski definition) is 3. The lowest BCUT2D eigenvalue weighted by molar-refractivity contribution is -0.114. The zero-order chi connectivity index (χ0) is 19.2. The van der Waals surface area contributed by atoms with Crippen molar-refractivity contribution < 1.29 is 13.2 Å². The molecule has 0 unspecified atom stereocenters. The van der Waals surface area contributed by atoms with E-state index in [0.29, 0.717) is 11.4 Å². The largest absolute Gasteiger partial charge is 0.325 e. The molecule has 1 N–H and O–H groups in total. The number of unbranched alkanes of at least 4 members (excludes halogenated alkanes) is 1. The van der Waals surface area contributed by atoms with Gasteiger partial charge in [-0.1, -0.05) is 37.6 Å². The molecule has 140 valence electrons. The minimum Gasteiger partial charge on any atom is -0.325 e. The van der Waals surface area contributed by atoms with Crippen molar-refractivity contribution in [2.75, 3.05) is 22.4 Å². The summed E-state index contributed by atoms with van der Waals surface area (Å²) in [7, 11) is -3.57. The summed E-state index contributed by atoms with van der Waals surface area (Å²) < 4.78 is 25.4. The Morgan fingerprint density at radius 2 is 1.81 bits per heavy atom. The Bertz CT molecular complexity index is 846. The van der Waals surface area contributed by atoms with E-state index in [-0.39, 0.29) is 12.5 Å². The first-order valence-electron chi connectivity index (χ1n) is 8.73. The van der Waals surface area contributed by atoms with Gasteiger partial charge in [0.1, 0.15) is 6.54 Å². The summed E-state index contributed by atoms with van der Waals surface area (Å²) in [4.78, 5) is 12.4. The molecule has 0 radical (unpaired) electrons. The molecule has 0 aliphatic heterocycles. The van der Waals surface area contributed by atoms with Crippen molar-refractivity contribution in [2.24, 2.45) is 0 Å². The van der Waals surface area contributed by atoms with Crippen LogP contribution in [0.2, 0.25) is 0 Å². The van der Waals surface area contributed by atoms with Gasteiger partial charge in [0.25, 0.3) is 0 Å². The van der Waals surface area contributed by atoms with Gasteiger partial charge in [-0.25, -0.2) is 8.42 Å². The van der Waals surface area contributed by atoms with Crippen LogP contribution in [0.25, 0.3) is 0 Å². The minimum absolute atomic E-state index is 0.264. The van der Waals surface area contributed by atoms with E-state index in [1.165, 1.54) is 5.56 Å². The number of aryl methyl sites for hydroxylation is 2. The number of carbonyl (C=O) groups is 1. The van der Waals surface area contributed by atoms with Crippen molar-refractivity contribution in [3.8, 4) is 0 Å². The second-order valence-electron chi connectivity index (χ2n) is 6.46. The summed E-state index contributed by atoms with van der Waals surface area (Å²) in [6.07, 6.45) is 4.38. The molecule has 0 saturated heterocycles. The van der Waals surface area contributed by atoms with Crippen LogP contribution >= 0.6 is 0 Å². The summed E-state index contributed by atoms with van der Waals surface area (Å²) in [6.45, 7) is 3.76. The quantitative estimate of drug-likeness (QED) is 0.765. The summed E-state index contributed by atoms with van der Waals surface area (Å²) in [5, 5.41) is 2.77. The molecule has 0 aliphatic rings. The van der Waals surface area contributed by atoms with Crippen LogP contribution in [0.15, 0.2) is 48.5 Å². The number of hydrogen-bond donors (Lipinski definition) is 1. The number of benzene rings is 2. The van der Waals surface area contributed by atoms with Gasteiger partial charge in [0.2, 0.25) is 15.9 Å². The molecule has 1 amide bonds. The number of carbonyl (C=O) groups excluding carboxylic acids is 1. The van der Waals surface area contributed by atoms with Gasteiger partial charge in [0, 0.05) is 5.69 Å². The fourth-order valence-corrected chi connectivity index (χ4v) is 3.50. The lowest BCUT2D eigenvalue weighted by Gasteiger charge is -2.22. The first-order valence-corrected chi connectivity index (χ1v) is 10.6. The number of amides is 1. The van der Waals surface area contributed by atoms with Crippen molar-refractivity contribution in [3.05, 3.63) is 59.7 Å². The Balaban J connectivity index is 2.08. The van der Waals surface area contributed by atoms with Crippen LogP contribution in [0.3, 0.4) is 0 Å². The molecule has 0 aromatic heterocycles. The van der Waals surface area contributed by atoms with E-state index in [2.05, 4.69) is 12.2 Å². The number of nitrogens with zero attached hydrogens (tertiary/aromatic N) is 1. The highest BCUT2D eigenvalue weighted by Gasteiger charge is 2.21. The highest BCUT2D eigenvalue weighted by Crippen LogP contribution is 2.19. The van der Waals surface area contributed by atoms with Crippen LogP contribution in [0.5, 0.6) is 0 Å². The third kappa shape index (κ3) is 5.88. The maximum Gasteiger partial charge on any atom is 0.245 e. The monoisotopic (exact) mass is 374 g/mol. The zero-order valence-corrected chi connectivity index (χ0v) is 16.3. The maximum absolute atomic E-state index is 12.4. The summed E-state index contributed by atoms with van der Waals surface area (Å²) in [5.74, 6) is -0.377. The molecule has 6 heteroatoms. The van der Waals surface area contributed by atoms with Crippen molar-refractivity contribution in [1.29, 1.82) is 0 Å². The van der Waals surface area contributed by atoms with Crippen molar-refractivity contribution in [3.63, 3.8) is 0 Å². The molecular formula is C20H26N2O3S. The first-order chi connectivity index (χ1) is 12.3. The van der Waals surface area contributed by atoms with Crippen LogP contribution in [0.1, 0.15) is 30.9 Å². The zero-order valence-electron chi connectivity index (χ0n) is 15.5. The minimum atomic E-state index is -3.57. The highest BCUT2D eigenvalue weighted by molar-refractivity contribution is 7.92. The summed E-state index contributed by atoms with van der Waals surface area (Å²) in [5.41, 5.74) is 3.30. The Morgan fingerprint density at radius 3 is 2.38 bits per heavy atom. The lowest BCUT2D eigenvalue weighted by Crippen LogP contribution is -2.37. The van der Waals surface area contributed by atoms with Crippen LogP contribution in [0, 0.1) is 6.92 Å². The van der Waals surface area contributed by atoms with Gasteiger partial charge in [-0.05, 0) is 55.2 Å². The Kier molecular flexibility index (Phi) is 6.80. The normalized spacial score (nSPS) is 11.2. The van der Waals surface area contributed by atoms with Crippen molar-refractivity contribution in [2.45, 2.75) is 33.1 Å². The standard InChI is InChI=1S/C20H26N2O3S/c1-4-5-8-17-10-12-18(13-11-17)21-20(23)15-22(26(3,24)25)19-9-6-7-16(2)14-19/h6-7,9-14H,4-5,8,15H2,1-3H3,(H,21,23). The average molecular weight is 375 g/mol. The molecule has 2 rings (SSSR count). The maximum atomic E-state index is 12.4. The topological polar surface area (TPSA) is 66.5 Å². The van der Waals surface area contributed by atoms with E-state index >= 15 is 0 Å². The molecule has 26 heavy (non-hydrogen) atoms. The van der Waals surface area contributed by atoms with Gasteiger partial charge < -0.3 is 5.32 Å². The smallest absolute Gasteiger partial charge is 0.245 e. The highest BCUT2D eigenvalue weighted by atomic mass is 32.2. The Hall–Kier alpha value is -2.34. The predicted molar refractivity (Wildman–Crippen MR) is 107 cm³/mol. The van der Waals surface area contributed by atoms with E-state index in [9.17, 15) is 13.2 Å². The molecule has 0 fully saturated rings. The molecule has 0 spiro atoms. The van der Waals surface area contributed by atoms with Crippen LogP contribution < -0.4 is 9.62 Å². The fraction of sp³-hybridized carbons (Fsp3) is 0.350. The molecule has 0 aliphatic carbocycles. The third-order valence-electron chi connectivity index (χ3n) is 4.03. The number of rotatable bonds is 8. The SMILES string of the molecule is CCCCc1ccc(NC(=O)CN(c2cccc(C)c2)S(C)(=O)=O)cc1. The lowest BCUT2D eigenvalue weighted by atomic mass is 10.1. The predicted octanol–water partition coefficient (Wildman–Crippen LogP) is 3.74. The fourth-order valence-electron chi connectivity index (χ4n) is 2.65. The van der Waals surface area contributed by atoms with Gasteiger partial charge in [-0.2, -0.15) is 0 Å². The van der Waals surface area contributed by atoms with Crippen LogP contribution in [-0.4, -0.2) is 27.1 Å². The number of sulfonamides is 1. The molecule has 0 heterocycles. The van der Waals surface area contributed by atoms with Gasteiger partial charge >= 0.3 is 0 Å². The van der Waals surface area contributed by atoms with Gasteiger partial charge in [-0.15, -0.1) is 0 Å². The molecule has 5 nitrogen and oxygen atoms in total. The second kappa shape index (κ2) is 8.85. The van der Waals surface area contributed by atoms with E-state index < -0.39 is 10.0 Å². The molecule has 0 atom stereocenters. The first kappa shape index (κ1) is 20.0. The van der Waals surface area contributed by atoms with Crippen LogP contribution in [0.4, 0.5) is 11.4 Å². The van der Waals surface area contributed by atoms with Crippen molar-refractivity contribution in [1.82, 2.24) is 0 Å². The van der Waals surface area contributed by atoms with Gasteiger partial charge in [-0.3, -0.25) is 9.10 Å². The Morgan fingerprint density at radius 1 is 1.12 bits per heavy atom. The Labute approximate surface area is 156 Å². The van der Waals surface area contributed by atoms with Crippen LogP contribution in [-0.2, 0) is 21.2 Å². The van der Waals surface area contributed by atoms with E-state index in [1.807, 2.05) is 37.3 Å². The molecule has 2 aromatic carbocycles. The van der Waals surface area contributed by atoms with Gasteiger partial charge in [0.15, 0.2) is 0 Å². The van der Waals surface area contributed by atoms with Gasteiger partial charge in [0.05, 0.1) is 11.9 Å². The van der Waals surface area contributed by atoms with E-state index in [4.69, 9.17) is 0 Å². The second-order valence-corrected chi connectivity index (χ2v) is 8.36. The number of anilines is 2. The molecule has 0 saturated carbocycles. The third-order valence-corrected chi connectivity index (χ3v) is 5.17. The van der Waals surface area contributed by atoms with E-state index in [0.717, 1.165) is 35.4 Å².